The van der Waals surface area contributed by atoms with Gasteiger partial charge >= 0.3 is 0 Å². The quantitative estimate of drug-likeness (QED) is 0.434. The summed E-state index contributed by atoms with van der Waals surface area (Å²) in [6.07, 6.45) is -0.565. The van der Waals surface area contributed by atoms with Crippen molar-refractivity contribution >= 4 is 5.88 Å². The van der Waals surface area contributed by atoms with Crippen molar-refractivity contribution in [2.75, 3.05) is 71.1 Å². The highest BCUT2D eigenvalue weighted by Crippen LogP contribution is 2.32. The SMILES string of the molecule is CC(C)COC[C@@H](O)CN(CCN1CCOCC1)Cc1c(-c2ccccc2)noc1N(C)C(C)C. The van der Waals surface area contributed by atoms with Crippen molar-refractivity contribution in [1.29, 1.82) is 0 Å². The number of morpholine rings is 1. The smallest absolute Gasteiger partial charge is 0.232 e. The number of anilines is 1. The van der Waals surface area contributed by atoms with Gasteiger partial charge in [0.1, 0.15) is 5.69 Å². The van der Waals surface area contributed by atoms with Crippen molar-refractivity contribution in [3.05, 3.63) is 35.9 Å². The summed E-state index contributed by atoms with van der Waals surface area (Å²) in [6, 6.07) is 10.4. The Morgan fingerprint density at radius 3 is 2.46 bits per heavy atom. The number of aliphatic hydroxyl groups is 1. The molecule has 1 aromatic heterocycles. The lowest BCUT2D eigenvalue weighted by Crippen LogP contribution is -2.43. The monoisotopic (exact) mass is 488 g/mol. The standard InChI is InChI=1S/C27H44N4O4/c1-21(2)19-34-20-24(32)17-31(12-11-30-13-15-33-16-14-30)18-25-26(23-9-7-6-8-10-23)28-35-27(25)29(5)22(3)4/h6-10,21-22,24,32H,11-20H2,1-5H3/t24-/m0/s1. The van der Waals surface area contributed by atoms with Crippen LogP contribution >= 0.6 is 0 Å². The van der Waals surface area contributed by atoms with Crippen molar-refractivity contribution in [2.45, 2.75) is 46.4 Å². The first-order valence-electron chi connectivity index (χ1n) is 12.9. The van der Waals surface area contributed by atoms with Gasteiger partial charge in [-0.3, -0.25) is 9.80 Å². The van der Waals surface area contributed by atoms with Crippen LogP contribution in [0.5, 0.6) is 0 Å². The molecule has 8 nitrogen and oxygen atoms in total. The summed E-state index contributed by atoms with van der Waals surface area (Å²) in [4.78, 5) is 6.84. The highest BCUT2D eigenvalue weighted by molar-refractivity contribution is 5.68. The number of aromatic nitrogens is 1. The average molecular weight is 489 g/mol. The third kappa shape index (κ3) is 8.58. The molecule has 1 aliphatic rings. The molecule has 0 unspecified atom stereocenters. The topological polar surface area (TPSA) is 74.4 Å². The number of nitrogens with zero attached hydrogens (tertiary/aromatic N) is 4. The Kier molecular flexibility index (Phi) is 11.0. The van der Waals surface area contributed by atoms with Crippen LogP contribution in [0.4, 0.5) is 5.88 Å². The van der Waals surface area contributed by atoms with Gasteiger partial charge in [0, 0.05) is 64.5 Å². The fraction of sp³-hybridized carbons (Fsp3) is 0.667. The molecular weight excluding hydrogens is 444 g/mol. The Morgan fingerprint density at radius 2 is 1.80 bits per heavy atom. The van der Waals surface area contributed by atoms with Crippen LogP contribution in [0.15, 0.2) is 34.9 Å². The van der Waals surface area contributed by atoms with E-state index in [0.29, 0.717) is 32.2 Å². The van der Waals surface area contributed by atoms with Crippen LogP contribution in [0.25, 0.3) is 11.3 Å². The summed E-state index contributed by atoms with van der Waals surface area (Å²) in [6.45, 7) is 15.8. The van der Waals surface area contributed by atoms with E-state index < -0.39 is 6.10 Å². The highest BCUT2D eigenvalue weighted by Gasteiger charge is 2.25. The first-order valence-corrected chi connectivity index (χ1v) is 12.9. The summed E-state index contributed by atoms with van der Waals surface area (Å²) in [5.74, 6) is 1.22. The average Bonchev–Trinajstić information content (AvgIpc) is 3.26. The predicted octanol–water partition coefficient (Wildman–Crippen LogP) is 3.35. The van der Waals surface area contributed by atoms with Crippen molar-refractivity contribution in [1.82, 2.24) is 15.0 Å². The Hall–Kier alpha value is -1.97. The number of rotatable bonds is 14. The Morgan fingerprint density at radius 1 is 1.09 bits per heavy atom. The van der Waals surface area contributed by atoms with Crippen LogP contribution in [-0.4, -0.2) is 98.4 Å². The number of aliphatic hydroxyl groups excluding tert-OH is 1. The van der Waals surface area contributed by atoms with Gasteiger partial charge in [-0.1, -0.05) is 49.3 Å². The minimum Gasteiger partial charge on any atom is -0.389 e. The molecule has 0 amide bonds. The summed E-state index contributed by atoms with van der Waals surface area (Å²) in [7, 11) is 2.04. The fourth-order valence-electron chi connectivity index (χ4n) is 4.13. The van der Waals surface area contributed by atoms with E-state index >= 15 is 0 Å². The van der Waals surface area contributed by atoms with Gasteiger partial charge < -0.3 is 24.0 Å². The Labute approximate surface area is 210 Å². The van der Waals surface area contributed by atoms with Crippen LogP contribution in [0, 0.1) is 5.92 Å². The lowest BCUT2D eigenvalue weighted by atomic mass is 10.1. The number of hydrogen-bond acceptors (Lipinski definition) is 8. The number of benzene rings is 1. The lowest BCUT2D eigenvalue weighted by Gasteiger charge is -2.31. The molecule has 1 atom stereocenters. The van der Waals surface area contributed by atoms with E-state index in [4.69, 9.17) is 14.0 Å². The second kappa shape index (κ2) is 13.9. The molecule has 8 heteroatoms. The summed E-state index contributed by atoms with van der Waals surface area (Å²) in [5.41, 5.74) is 2.93. The molecule has 1 aromatic carbocycles. The fourth-order valence-corrected chi connectivity index (χ4v) is 4.13. The van der Waals surface area contributed by atoms with Crippen molar-refractivity contribution in [3.63, 3.8) is 0 Å². The molecule has 0 bridgehead atoms. The highest BCUT2D eigenvalue weighted by atomic mass is 16.5. The molecule has 2 aromatic rings. The van der Waals surface area contributed by atoms with E-state index in [0.717, 1.165) is 62.1 Å². The first kappa shape index (κ1) is 27.6. The molecular formula is C27H44N4O4. The van der Waals surface area contributed by atoms with Crippen molar-refractivity contribution in [3.8, 4) is 11.3 Å². The van der Waals surface area contributed by atoms with Crippen LogP contribution < -0.4 is 4.90 Å². The Balaban J connectivity index is 1.81. The zero-order valence-corrected chi connectivity index (χ0v) is 22.2. The van der Waals surface area contributed by atoms with Gasteiger partial charge in [0.25, 0.3) is 0 Å². The number of hydrogen-bond donors (Lipinski definition) is 1. The molecule has 0 radical (unpaired) electrons. The molecule has 1 aliphatic heterocycles. The molecule has 1 saturated heterocycles. The van der Waals surface area contributed by atoms with Gasteiger partial charge in [0.05, 0.1) is 31.5 Å². The molecule has 0 spiro atoms. The molecule has 196 valence electrons. The second-order valence-electron chi connectivity index (χ2n) is 10.2. The van der Waals surface area contributed by atoms with Gasteiger partial charge in [-0.25, -0.2) is 0 Å². The molecule has 0 aliphatic carbocycles. The summed E-state index contributed by atoms with van der Waals surface area (Å²) >= 11 is 0. The zero-order chi connectivity index (χ0) is 25.2. The normalized spacial score (nSPS) is 15.9. The minimum absolute atomic E-state index is 0.266. The van der Waals surface area contributed by atoms with Crippen LogP contribution in [0.2, 0.25) is 0 Å². The molecule has 1 N–H and O–H groups in total. The van der Waals surface area contributed by atoms with E-state index in [1.807, 2.05) is 25.2 Å². The van der Waals surface area contributed by atoms with Gasteiger partial charge in [0.2, 0.25) is 5.88 Å². The first-order chi connectivity index (χ1) is 16.8. The second-order valence-corrected chi connectivity index (χ2v) is 10.2. The number of ether oxygens (including phenoxy) is 2. The van der Waals surface area contributed by atoms with Crippen LogP contribution in [0.3, 0.4) is 0 Å². The van der Waals surface area contributed by atoms with Crippen molar-refractivity contribution < 1.29 is 19.1 Å². The van der Waals surface area contributed by atoms with Crippen molar-refractivity contribution in [2.24, 2.45) is 5.92 Å². The van der Waals surface area contributed by atoms with Gasteiger partial charge in [-0.2, -0.15) is 0 Å². The summed E-state index contributed by atoms with van der Waals surface area (Å²) < 4.78 is 17.1. The van der Waals surface area contributed by atoms with Crippen LogP contribution in [-0.2, 0) is 16.0 Å². The van der Waals surface area contributed by atoms with E-state index in [1.165, 1.54) is 0 Å². The predicted molar refractivity (Wildman–Crippen MR) is 140 cm³/mol. The van der Waals surface area contributed by atoms with Crippen LogP contribution in [0.1, 0.15) is 33.3 Å². The largest absolute Gasteiger partial charge is 0.389 e. The van der Waals surface area contributed by atoms with E-state index in [2.05, 4.69) is 59.7 Å². The van der Waals surface area contributed by atoms with E-state index in [-0.39, 0.29) is 6.04 Å². The van der Waals surface area contributed by atoms with Gasteiger partial charge in [-0.15, -0.1) is 0 Å². The molecule has 3 rings (SSSR count). The van der Waals surface area contributed by atoms with E-state index in [9.17, 15) is 5.11 Å². The maximum Gasteiger partial charge on any atom is 0.232 e. The van der Waals surface area contributed by atoms with Gasteiger partial charge in [-0.05, 0) is 19.8 Å². The lowest BCUT2D eigenvalue weighted by molar-refractivity contribution is 0.000977. The maximum absolute atomic E-state index is 10.8. The molecule has 2 heterocycles. The van der Waals surface area contributed by atoms with E-state index in [1.54, 1.807) is 0 Å². The Bertz CT molecular complexity index is 852. The van der Waals surface area contributed by atoms with Gasteiger partial charge in [0.15, 0.2) is 0 Å². The maximum atomic E-state index is 10.8. The molecule has 1 fully saturated rings. The summed E-state index contributed by atoms with van der Waals surface area (Å²) in [5, 5.41) is 15.3. The third-order valence-electron chi connectivity index (χ3n) is 6.36. The minimum atomic E-state index is -0.565. The third-order valence-corrected chi connectivity index (χ3v) is 6.36. The molecule has 0 saturated carbocycles. The zero-order valence-electron chi connectivity index (χ0n) is 22.2. The molecule has 35 heavy (non-hydrogen) atoms.